The van der Waals surface area contributed by atoms with Gasteiger partial charge in [-0.15, -0.1) is 0 Å². The molecule has 1 aliphatic rings. The number of nitrogens with zero attached hydrogens (tertiary/aromatic N) is 1. The third kappa shape index (κ3) is 4.46. The number of halogens is 1. The van der Waals surface area contributed by atoms with E-state index in [1.54, 1.807) is 0 Å². The van der Waals surface area contributed by atoms with Crippen LogP contribution in [0.1, 0.15) is 33.1 Å². The van der Waals surface area contributed by atoms with E-state index in [9.17, 15) is 0 Å². The molecular weight excluding hydrogens is 226 g/mol. The van der Waals surface area contributed by atoms with Crippen LogP contribution in [0.4, 0.5) is 0 Å². The van der Waals surface area contributed by atoms with Crippen LogP contribution in [0.2, 0.25) is 0 Å². The van der Waals surface area contributed by atoms with Crippen molar-refractivity contribution >= 4 is 15.9 Å². The van der Waals surface area contributed by atoms with Gasteiger partial charge in [-0.3, -0.25) is 0 Å². The monoisotopic (exact) mass is 247 g/mol. The molecule has 0 aromatic heterocycles. The summed E-state index contributed by atoms with van der Waals surface area (Å²) in [5.74, 6) is 1.83. The fourth-order valence-electron chi connectivity index (χ4n) is 2.30. The largest absolute Gasteiger partial charge is 0.303 e. The summed E-state index contributed by atoms with van der Waals surface area (Å²) in [4.78, 5) is 2.63. The summed E-state index contributed by atoms with van der Waals surface area (Å²) in [5.41, 5.74) is 0. The molecule has 0 bridgehead atoms. The average Bonchev–Trinajstić information content (AvgIpc) is 2.23. The second kappa shape index (κ2) is 6.02. The number of likely N-dealkylation sites (tertiary alicyclic amines) is 1. The molecule has 0 N–H and O–H groups in total. The van der Waals surface area contributed by atoms with Crippen molar-refractivity contribution in [2.45, 2.75) is 33.1 Å². The predicted molar refractivity (Wildman–Crippen MR) is 62.4 cm³/mol. The topological polar surface area (TPSA) is 3.24 Å². The summed E-state index contributed by atoms with van der Waals surface area (Å²) in [6.07, 6.45) is 4.11. The minimum absolute atomic E-state index is 0.896. The highest BCUT2D eigenvalue weighted by atomic mass is 79.9. The standard InChI is InChI=1S/C11H22BrN/c1-10-4-7-13(6-3-5-12)9-11(2)8-10/h10-11H,3-9H2,1-2H3/t10-,11-/m1/s1. The van der Waals surface area contributed by atoms with Crippen LogP contribution in [0, 0.1) is 11.8 Å². The lowest BCUT2D eigenvalue weighted by molar-refractivity contribution is 0.257. The molecule has 0 aromatic carbocycles. The lowest BCUT2D eigenvalue weighted by Crippen LogP contribution is -2.28. The van der Waals surface area contributed by atoms with Crippen molar-refractivity contribution in [1.82, 2.24) is 4.90 Å². The zero-order chi connectivity index (χ0) is 9.68. The Morgan fingerprint density at radius 2 is 2.08 bits per heavy atom. The van der Waals surface area contributed by atoms with E-state index < -0.39 is 0 Å². The molecule has 78 valence electrons. The number of hydrogen-bond acceptors (Lipinski definition) is 1. The lowest BCUT2D eigenvalue weighted by atomic mass is 9.97. The van der Waals surface area contributed by atoms with Gasteiger partial charge in [0.2, 0.25) is 0 Å². The Labute approximate surface area is 91.0 Å². The molecule has 0 unspecified atom stereocenters. The van der Waals surface area contributed by atoms with E-state index >= 15 is 0 Å². The van der Waals surface area contributed by atoms with Crippen molar-refractivity contribution in [1.29, 1.82) is 0 Å². The highest BCUT2D eigenvalue weighted by molar-refractivity contribution is 9.09. The van der Waals surface area contributed by atoms with Crippen LogP contribution in [0.5, 0.6) is 0 Å². The van der Waals surface area contributed by atoms with Crippen molar-refractivity contribution in [3.8, 4) is 0 Å². The van der Waals surface area contributed by atoms with Crippen LogP contribution in [-0.4, -0.2) is 29.9 Å². The highest BCUT2D eigenvalue weighted by Gasteiger charge is 2.18. The Morgan fingerprint density at radius 1 is 1.31 bits per heavy atom. The highest BCUT2D eigenvalue weighted by Crippen LogP contribution is 2.21. The fourth-order valence-corrected chi connectivity index (χ4v) is 2.55. The van der Waals surface area contributed by atoms with Crippen molar-refractivity contribution in [2.24, 2.45) is 11.8 Å². The molecule has 0 aliphatic carbocycles. The Morgan fingerprint density at radius 3 is 2.77 bits per heavy atom. The predicted octanol–water partition coefficient (Wildman–Crippen LogP) is 3.14. The number of rotatable bonds is 3. The Bertz CT molecular complexity index is 138. The molecule has 0 aromatic rings. The van der Waals surface area contributed by atoms with Gasteiger partial charge in [-0.25, -0.2) is 0 Å². The van der Waals surface area contributed by atoms with E-state index in [-0.39, 0.29) is 0 Å². The summed E-state index contributed by atoms with van der Waals surface area (Å²) in [6, 6.07) is 0. The third-order valence-corrected chi connectivity index (χ3v) is 3.48. The Hall–Kier alpha value is 0.440. The first-order chi connectivity index (χ1) is 6.22. The molecule has 1 nitrogen and oxygen atoms in total. The zero-order valence-corrected chi connectivity index (χ0v) is 10.5. The van der Waals surface area contributed by atoms with Gasteiger partial charge in [0.05, 0.1) is 0 Å². The van der Waals surface area contributed by atoms with Crippen LogP contribution in [0.15, 0.2) is 0 Å². The van der Waals surface area contributed by atoms with E-state index in [0.29, 0.717) is 0 Å². The van der Waals surface area contributed by atoms with Crippen LogP contribution >= 0.6 is 15.9 Å². The van der Waals surface area contributed by atoms with Crippen LogP contribution in [0.25, 0.3) is 0 Å². The maximum atomic E-state index is 3.50. The summed E-state index contributed by atoms with van der Waals surface area (Å²) in [7, 11) is 0. The number of alkyl halides is 1. The zero-order valence-electron chi connectivity index (χ0n) is 8.93. The van der Waals surface area contributed by atoms with Gasteiger partial charge >= 0.3 is 0 Å². The van der Waals surface area contributed by atoms with Gasteiger partial charge in [-0.2, -0.15) is 0 Å². The quantitative estimate of drug-likeness (QED) is 0.693. The second-order valence-electron chi connectivity index (χ2n) is 4.58. The molecule has 1 fully saturated rings. The first kappa shape index (κ1) is 11.5. The third-order valence-electron chi connectivity index (χ3n) is 2.92. The molecule has 0 spiro atoms. The summed E-state index contributed by atoms with van der Waals surface area (Å²) < 4.78 is 0. The SMILES string of the molecule is C[C@@H]1CCN(CCCBr)C[C@H](C)C1. The van der Waals surface area contributed by atoms with E-state index in [1.807, 2.05) is 0 Å². The van der Waals surface area contributed by atoms with Gasteiger partial charge in [0, 0.05) is 11.9 Å². The van der Waals surface area contributed by atoms with Crippen molar-refractivity contribution in [3.63, 3.8) is 0 Å². The van der Waals surface area contributed by atoms with Gasteiger partial charge in [0.15, 0.2) is 0 Å². The minimum atomic E-state index is 0.896. The maximum Gasteiger partial charge on any atom is 0.00434 e. The molecule has 1 heterocycles. The lowest BCUT2D eigenvalue weighted by Gasteiger charge is -2.21. The van der Waals surface area contributed by atoms with Gasteiger partial charge in [0.25, 0.3) is 0 Å². The molecule has 2 heteroatoms. The van der Waals surface area contributed by atoms with Crippen LogP contribution < -0.4 is 0 Å². The second-order valence-corrected chi connectivity index (χ2v) is 5.37. The molecular formula is C11H22BrN. The fraction of sp³-hybridized carbons (Fsp3) is 1.00. The molecule has 0 radical (unpaired) electrons. The molecule has 0 saturated carbocycles. The van der Waals surface area contributed by atoms with E-state index in [4.69, 9.17) is 0 Å². The smallest absolute Gasteiger partial charge is 0.00434 e. The molecule has 1 aliphatic heterocycles. The van der Waals surface area contributed by atoms with E-state index in [1.165, 1.54) is 38.9 Å². The van der Waals surface area contributed by atoms with Gasteiger partial charge < -0.3 is 4.90 Å². The molecule has 2 atom stereocenters. The summed E-state index contributed by atoms with van der Waals surface area (Å²) in [5, 5.41) is 1.15. The average molecular weight is 248 g/mol. The normalized spacial score (nSPS) is 31.6. The molecule has 13 heavy (non-hydrogen) atoms. The number of hydrogen-bond donors (Lipinski definition) is 0. The van der Waals surface area contributed by atoms with Crippen LogP contribution in [-0.2, 0) is 0 Å². The first-order valence-corrected chi connectivity index (χ1v) is 6.63. The Kier molecular flexibility index (Phi) is 5.34. The van der Waals surface area contributed by atoms with Crippen molar-refractivity contribution in [3.05, 3.63) is 0 Å². The maximum absolute atomic E-state index is 3.50. The van der Waals surface area contributed by atoms with Gasteiger partial charge in [-0.05, 0) is 44.2 Å². The summed E-state index contributed by atoms with van der Waals surface area (Å²) in [6.45, 7) is 8.70. The van der Waals surface area contributed by atoms with E-state index in [2.05, 4.69) is 34.7 Å². The van der Waals surface area contributed by atoms with Crippen LogP contribution in [0.3, 0.4) is 0 Å². The molecule has 1 saturated heterocycles. The van der Waals surface area contributed by atoms with Crippen molar-refractivity contribution < 1.29 is 0 Å². The molecule has 1 rings (SSSR count). The van der Waals surface area contributed by atoms with Gasteiger partial charge in [0.1, 0.15) is 0 Å². The minimum Gasteiger partial charge on any atom is -0.303 e. The molecule has 0 amide bonds. The van der Waals surface area contributed by atoms with E-state index in [0.717, 1.165) is 17.2 Å². The Balaban J connectivity index is 2.30. The van der Waals surface area contributed by atoms with Crippen molar-refractivity contribution in [2.75, 3.05) is 25.0 Å². The first-order valence-electron chi connectivity index (χ1n) is 5.50. The van der Waals surface area contributed by atoms with Gasteiger partial charge in [-0.1, -0.05) is 29.8 Å². The summed E-state index contributed by atoms with van der Waals surface area (Å²) >= 11 is 3.50.